The van der Waals surface area contributed by atoms with Gasteiger partial charge >= 0.3 is 0 Å². The summed E-state index contributed by atoms with van der Waals surface area (Å²) in [4.78, 5) is 10.8. The number of carbonyl (C=O) groups is 1. The van der Waals surface area contributed by atoms with Crippen molar-refractivity contribution in [1.29, 1.82) is 0 Å². The third-order valence-corrected chi connectivity index (χ3v) is 2.76. The van der Waals surface area contributed by atoms with Crippen molar-refractivity contribution >= 4 is 6.29 Å². The van der Waals surface area contributed by atoms with Gasteiger partial charge in [-0.05, 0) is 36.2 Å². The summed E-state index contributed by atoms with van der Waals surface area (Å²) in [5.41, 5.74) is 2.94. The number of ether oxygens (including phenoxy) is 1. The van der Waals surface area contributed by atoms with E-state index >= 15 is 0 Å². The van der Waals surface area contributed by atoms with Gasteiger partial charge in [-0.2, -0.15) is 0 Å². The van der Waals surface area contributed by atoms with Crippen molar-refractivity contribution < 1.29 is 9.53 Å². The minimum absolute atomic E-state index is 0.627. The lowest BCUT2D eigenvalue weighted by molar-refractivity contribution is 0.112. The standard InChI is InChI=1S/C16H16O2/c1-2-18-16-9-8-14(12-17)11-15(16)10-13-6-4-3-5-7-13/h3-9,11-12H,2,10H2,1H3. The summed E-state index contributed by atoms with van der Waals surface area (Å²) in [6, 6.07) is 15.7. The first-order valence-electron chi connectivity index (χ1n) is 6.08. The van der Waals surface area contributed by atoms with E-state index in [9.17, 15) is 4.79 Å². The van der Waals surface area contributed by atoms with E-state index < -0.39 is 0 Å². The molecule has 0 aliphatic heterocycles. The highest BCUT2D eigenvalue weighted by Gasteiger charge is 2.05. The molecule has 0 aliphatic carbocycles. The molecule has 0 aromatic heterocycles. The first-order chi connectivity index (χ1) is 8.83. The average molecular weight is 240 g/mol. The summed E-state index contributed by atoms with van der Waals surface area (Å²) in [5.74, 6) is 0.854. The second-order valence-corrected chi connectivity index (χ2v) is 4.08. The summed E-state index contributed by atoms with van der Waals surface area (Å²) in [6.07, 6.45) is 1.64. The van der Waals surface area contributed by atoms with E-state index in [-0.39, 0.29) is 0 Å². The Morgan fingerprint density at radius 2 is 1.89 bits per heavy atom. The largest absolute Gasteiger partial charge is 0.494 e. The maximum atomic E-state index is 10.8. The SMILES string of the molecule is CCOc1ccc(C=O)cc1Cc1ccccc1. The van der Waals surface area contributed by atoms with Gasteiger partial charge in [0, 0.05) is 12.0 Å². The Kier molecular flexibility index (Phi) is 4.13. The fraction of sp³-hybridized carbons (Fsp3) is 0.188. The van der Waals surface area contributed by atoms with Crippen molar-refractivity contribution in [3.8, 4) is 5.75 Å². The average Bonchev–Trinajstić information content (AvgIpc) is 2.42. The van der Waals surface area contributed by atoms with Crippen LogP contribution in [0.1, 0.15) is 28.4 Å². The van der Waals surface area contributed by atoms with Crippen LogP contribution in [0.25, 0.3) is 0 Å². The number of benzene rings is 2. The molecule has 92 valence electrons. The number of hydrogen-bond acceptors (Lipinski definition) is 2. The van der Waals surface area contributed by atoms with Crippen molar-refractivity contribution in [3.63, 3.8) is 0 Å². The molecule has 0 radical (unpaired) electrons. The Morgan fingerprint density at radius 3 is 2.56 bits per heavy atom. The zero-order valence-electron chi connectivity index (χ0n) is 10.4. The van der Waals surface area contributed by atoms with Gasteiger partial charge in [-0.15, -0.1) is 0 Å². The van der Waals surface area contributed by atoms with Gasteiger partial charge in [0.1, 0.15) is 12.0 Å². The predicted octanol–water partition coefficient (Wildman–Crippen LogP) is 3.49. The van der Waals surface area contributed by atoms with Crippen LogP contribution >= 0.6 is 0 Å². The molecule has 0 unspecified atom stereocenters. The smallest absolute Gasteiger partial charge is 0.150 e. The lowest BCUT2D eigenvalue weighted by atomic mass is 10.0. The number of carbonyl (C=O) groups excluding carboxylic acids is 1. The van der Waals surface area contributed by atoms with Crippen LogP contribution in [-0.2, 0) is 6.42 Å². The Balaban J connectivity index is 2.31. The molecule has 0 N–H and O–H groups in total. The fourth-order valence-corrected chi connectivity index (χ4v) is 1.92. The summed E-state index contributed by atoms with van der Waals surface area (Å²) in [6.45, 7) is 2.59. The van der Waals surface area contributed by atoms with Gasteiger partial charge in [0.25, 0.3) is 0 Å². The monoisotopic (exact) mass is 240 g/mol. The molecule has 0 aliphatic rings. The summed E-state index contributed by atoms with van der Waals surface area (Å²) >= 11 is 0. The normalized spacial score (nSPS) is 10.1. The van der Waals surface area contributed by atoms with E-state index in [0.29, 0.717) is 12.2 Å². The molecule has 18 heavy (non-hydrogen) atoms. The van der Waals surface area contributed by atoms with E-state index in [4.69, 9.17) is 4.74 Å². The number of hydrogen-bond donors (Lipinski definition) is 0. The highest BCUT2D eigenvalue weighted by molar-refractivity contribution is 5.75. The van der Waals surface area contributed by atoms with Gasteiger partial charge in [0.2, 0.25) is 0 Å². The van der Waals surface area contributed by atoms with Crippen molar-refractivity contribution in [2.24, 2.45) is 0 Å². The predicted molar refractivity (Wildman–Crippen MR) is 72.2 cm³/mol. The zero-order chi connectivity index (χ0) is 12.8. The Morgan fingerprint density at radius 1 is 1.11 bits per heavy atom. The minimum atomic E-state index is 0.627. The molecule has 0 heterocycles. The van der Waals surface area contributed by atoms with Crippen LogP contribution in [0.5, 0.6) is 5.75 Å². The summed E-state index contributed by atoms with van der Waals surface area (Å²) < 4.78 is 5.59. The molecule has 0 fully saturated rings. The molecular weight excluding hydrogens is 224 g/mol. The molecule has 2 aromatic carbocycles. The molecule has 0 atom stereocenters. The molecule has 2 nitrogen and oxygen atoms in total. The van der Waals surface area contributed by atoms with Gasteiger partial charge in [-0.25, -0.2) is 0 Å². The Hall–Kier alpha value is -2.09. The fourth-order valence-electron chi connectivity index (χ4n) is 1.92. The molecule has 2 aromatic rings. The van der Waals surface area contributed by atoms with Gasteiger partial charge in [0.15, 0.2) is 0 Å². The van der Waals surface area contributed by atoms with Crippen molar-refractivity contribution in [1.82, 2.24) is 0 Å². The summed E-state index contributed by atoms with van der Waals surface area (Å²) in [5, 5.41) is 0. The van der Waals surface area contributed by atoms with Gasteiger partial charge in [-0.1, -0.05) is 30.3 Å². The number of rotatable bonds is 5. The lowest BCUT2D eigenvalue weighted by Crippen LogP contribution is -1.99. The van der Waals surface area contributed by atoms with Crippen LogP contribution in [-0.4, -0.2) is 12.9 Å². The zero-order valence-corrected chi connectivity index (χ0v) is 10.4. The van der Waals surface area contributed by atoms with Crippen LogP contribution in [0.15, 0.2) is 48.5 Å². The van der Waals surface area contributed by atoms with Crippen molar-refractivity contribution in [2.45, 2.75) is 13.3 Å². The van der Waals surface area contributed by atoms with Crippen LogP contribution in [0.4, 0.5) is 0 Å². The molecule has 0 amide bonds. The van der Waals surface area contributed by atoms with Gasteiger partial charge in [-0.3, -0.25) is 4.79 Å². The number of aldehydes is 1. The van der Waals surface area contributed by atoms with Crippen LogP contribution in [0.2, 0.25) is 0 Å². The highest BCUT2D eigenvalue weighted by atomic mass is 16.5. The van der Waals surface area contributed by atoms with E-state index in [2.05, 4.69) is 12.1 Å². The first-order valence-corrected chi connectivity index (χ1v) is 6.08. The van der Waals surface area contributed by atoms with Crippen LogP contribution in [0, 0.1) is 0 Å². The maximum absolute atomic E-state index is 10.8. The van der Waals surface area contributed by atoms with Gasteiger partial charge in [0.05, 0.1) is 6.61 Å². The summed E-state index contributed by atoms with van der Waals surface area (Å²) in [7, 11) is 0. The van der Waals surface area contributed by atoms with Crippen molar-refractivity contribution in [3.05, 3.63) is 65.2 Å². The quantitative estimate of drug-likeness (QED) is 0.748. The second-order valence-electron chi connectivity index (χ2n) is 4.08. The first kappa shape index (κ1) is 12.4. The van der Waals surface area contributed by atoms with Crippen LogP contribution in [0.3, 0.4) is 0 Å². The molecule has 0 bridgehead atoms. The Labute approximate surface area is 107 Å². The van der Waals surface area contributed by atoms with E-state index in [1.54, 1.807) is 6.07 Å². The third-order valence-electron chi connectivity index (χ3n) is 2.76. The molecule has 0 saturated heterocycles. The Bertz CT molecular complexity index is 518. The van der Waals surface area contributed by atoms with E-state index in [0.717, 1.165) is 24.0 Å². The lowest BCUT2D eigenvalue weighted by Gasteiger charge is -2.10. The second kappa shape index (κ2) is 6.01. The van der Waals surface area contributed by atoms with Gasteiger partial charge < -0.3 is 4.74 Å². The third kappa shape index (κ3) is 2.98. The van der Waals surface area contributed by atoms with Crippen molar-refractivity contribution in [2.75, 3.05) is 6.61 Å². The maximum Gasteiger partial charge on any atom is 0.150 e. The minimum Gasteiger partial charge on any atom is -0.494 e. The molecule has 2 heteroatoms. The molecule has 0 saturated carbocycles. The topological polar surface area (TPSA) is 26.3 Å². The van der Waals surface area contributed by atoms with Crippen LogP contribution < -0.4 is 4.74 Å². The van der Waals surface area contributed by atoms with E-state index in [1.807, 2.05) is 37.3 Å². The molecule has 0 spiro atoms. The van der Waals surface area contributed by atoms with E-state index in [1.165, 1.54) is 5.56 Å². The highest BCUT2D eigenvalue weighted by Crippen LogP contribution is 2.22. The molecular formula is C16H16O2. The molecule has 2 rings (SSSR count).